The number of carbonyl (C=O) groups is 1. The van der Waals surface area contributed by atoms with E-state index in [1.807, 2.05) is 18.2 Å². The molecule has 1 aliphatic rings. The number of ether oxygens (including phenoxy) is 1. The maximum Gasteiger partial charge on any atom is 0.257 e. The van der Waals surface area contributed by atoms with E-state index in [1.165, 1.54) is 12.8 Å². The van der Waals surface area contributed by atoms with E-state index in [9.17, 15) is 4.79 Å². The second-order valence-corrected chi connectivity index (χ2v) is 6.27. The molecule has 0 aromatic heterocycles. The zero-order valence-corrected chi connectivity index (χ0v) is 13.4. The fourth-order valence-electron chi connectivity index (χ4n) is 1.89. The van der Waals surface area contributed by atoms with Crippen molar-refractivity contribution in [1.29, 1.82) is 0 Å². The average Bonchev–Trinajstić information content (AvgIpc) is 3.26. The van der Waals surface area contributed by atoms with Gasteiger partial charge in [0.2, 0.25) is 0 Å². The molecule has 0 aliphatic heterocycles. The molecule has 0 heterocycles. The summed E-state index contributed by atoms with van der Waals surface area (Å²) in [5.41, 5.74) is 0.919. The Balaban J connectivity index is 1.88. The predicted octanol–water partition coefficient (Wildman–Crippen LogP) is 2.74. The van der Waals surface area contributed by atoms with Crippen LogP contribution in [0, 0.1) is 5.92 Å². The first-order valence-corrected chi connectivity index (χ1v) is 7.84. The minimum Gasteiger partial charge on any atom is -0.483 e. The van der Waals surface area contributed by atoms with E-state index in [4.69, 9.17) is 16.3 Å². The number of hydrogen-bond donors (Lipinski definition) is 2. The van der Waals surface area contributed by atoms with Crippen molar-refractivity contribution >= 4 is 17.5 Å². The first kappa shape index (κ1) is 16.1. The van der Waals surface area contributed by atoms with Gasteiger partial charge in [0.15, 0.2) is 6.61 Å². The largest absolute Gasteiger partial charge is 0.483 e. The predicted molar refractivity (Wildman–Crippen MR) is 84.7 cm³/mol. The van der Waals surface area contributed by atoms with Crippen LogP contribution in [0.4, 0.5) is 0 Å². The Morgan fingerprint density at radius 3 is 2.86 bits per heavy atom. The van der Waals surface area contributed by atoms with Crippen LogP contribution in [0.5, 0.6) is 5.75 Å². The number of carbonyl (C=O) groups excluding carboxylic acids is 1. The van der Waals surface area contributed by atoms with Crippen molar-refractivity contribution in [2.24, 2.45) is 5.92 Å². The molecule has 1 saturated carbocycles. The summed E-state index contributed by atoms with van der Waals surface area (Å²) in [5.74, 6) is 0.999. The molecule has 2 N–H and O–H groups in total. The van der Waals surface area contributed by atoms with Crippen LogP contribution >= 0.6 is 11.6 Å². The van der Waals surface area contributed by atoms with E-state index in [2.05, 4.69) is 24.5 Å². The molecule has 5 heteroatoms. The van der Waals surface area contributed by atoms with Crippen molar-refractivity contribution in [2.75, 3.05) is 13.2 Å². The third-order valence-corrected chi connectivity index (χ3v) is 3.64. The Hall–Kier alpha value is -1.26. The molecule has 0 atom stereocenters. The topological polar surface area (TPSA) is 50.4 Å². The molecule has 0 unspecified atom stereocenters. The third kappa shape index (κ3) is 5.56. The van der Waals surface area contributed by atoms with Crippen molar-refractivity contribution in [3.63, 3.8) is 0 Å². The van der Waals surface area contributed by atoms with E-state index in [1.54, 1.807) is 0 Å². The zero-order valence-electron chi connectivity index (χ0n) is 12.6. The second kappa shape index (κ2) is 7.66. The van der Waals surface area contributed by atoms with Crippen LogP contribution in [0.2, 0.25) is 5.02 Å². The van der Waals surface area contributed by atoms with E-state index in [0.29, 0.717) is 35.8 Å². The van der Waals surface area contributed by atoms with Crippen LogP contribution < -0.4 is 15.4 Å². The molecule has 2 rings (SSSR count). The molecule has 1 aromatic rings. The Labute approximate surface area is 131 Å². The molecule has 0 radical (unpaired) electrons. The highest BCUT2D eigenvalue weighted by molar-refractivity contribution is 6.31. The fraction of sp³-hybridized carbons (Fsp3) is 0.562. The smallest absolute Gasteiger partial charge is 0.257 e. The molecule has 4 nitrogen and oxygen atoms in total. The van der Waals surface area contributed by atoms with Gasteiger partial charge in [0.25, 0.3) is 5.91 Å². The molecular formula is C16H23ClN2O2. The first-order chi connectivity index (χ1) is 10.1. The van der Waals surface area contributed by atoms with Crippen LogP contribution in [0.3, 0.4) is 0 Å². The highest BCUT2D eigenvalue weighted by Crippen LogP contribution is 2.28. The quantitative estimate of drug-likeness (QED) is 0.776. The van der Waals surface area contributed by atoms with Crippen LogP contribution in [0.15, 0.2) is 18.2 Å². The lowest BCUT2D eigenvalue weighted by Gasteiger charge is -2.14. The molecule has 1 amide bonds. The summed E-state index contributed by atoms with van der Waals surface area (Å²) in [5, 5.41) is 6.92. The maximum atomic E-state index is 11.7. The third-order valence-electron chi connectivity index (χ3n) is 3.29. The van der Waals surface area contributed by atoms with Gasteiger partial charge in [0.05, 0.1) is 0 Å². The van der Waals surface area contributed by atoms with Gasteiger partial charge in [-0.2, -0.15) is 0 Å². The van der Waals surface area contributed by atoms with Crippen LogP contribution in [-0.4, -0.2) is 25.1 Å². The summed E-state index contributed by atoms with van der Waals surface area (Å²) < 4.78 is 5.63. The summed E-state index contributed by atoms with van der Waals surface area (Å²) in [6.07, 6.45) is 2.44. The Kier molecular flexibility index (Phi) is 5.88. The number of hydrogen-bond acceptors (Lipinski definition) is 3. The summed E-state index contributed by atoms with van der Waals surface area (Å²) in [4.78, 5) is 11.7. The Bertz CT molecular complexity index is 487. The Morgan fingerprint density at radius 2 is 2.19 bits per heavy atom. The molecule has 1 aromatic carbocycles. The molecular weight excluding hydrogens is 288 g/mol. The molecule has 0 bridgehead atoms. The Morgan fingerprint density at radius 1 is 1.43 bits per heavy atom. The van der Waals surface area contributed by atoms with Crippen LogP contribution in [0.1, 0.15) is 32.3 Å². The molecule has 116 valence electrons. The van der Waals surface area contributed by atoms with Gasteiger partial charge in [0.1, 0.15) is 5.75 Å². The summed E-state index contributed by atoms with van der Waals surface area (Å²) in [6.45, 7) is 5.46. The van der Waals surface area contributed by atoms with Gasteiger partial charge in [-0.3, -0.25) is 4.79 Å². The van der Waals surface area contributed by atoms with Gasteiger partial charge in [-0.15, -0.1) is 0 Å². The van der Waals surface area contributed by atoms with Crippen molar-refractivity contribution in [1.82, 2.24) is 10.6 Å². The van der Waals surface area contributed by atoms with Gasteiger partial charge in [-0.05, 0) is 30.9 Å². The lowest BCUT2D eigenvalue weighted by molar-refractivity contribution is -0.123. The van der Waals surface area contributed by atoms with Crippen molar-refractivity contribution in [2.45, 2.75) is 39.3 Å². The number of rotatable bonds is 8. The molecule has 21 heavy (non-hydrogen) atoms. The van der Waals surface area contributed by atoms with Crippen LogP contribution in [0.25, 0.3) is 0 Å². The van der Waals surface area contributed by atoms with Gasteiger partial charge in [0, 0.05) is 29.7 Å². The zero-order chi connectivity index (χ0) is 15.2. The summed E-state index contributed by atoms with van der Waals surface area (Å²) in [7, 11) is 0. The minimum atomic E-state index is -0.107. The fourth-order valence-corrected chi connectivity index (χ4v) is 2.12. The van der Waals surface area contributed by atoms with Gasteiger partial charge in [-0.25, -0.2) is 0 Å². The number of halogens is 1. The first-order valence-electron chi connectivity index (χ1n) is 7.46. The van der Waals surface area contributed by atoms with Gasteiger partial charge in [-0.1, -0.05) is 31.5 Å². The monoisotopic (exact) mass is 310 g/mol. The SMILES string of the molecule is CC(C)CNC(=O)COc1cccc(Cl)c1CNC1CC1. The second-order valence-electron chi connectivity index (χ2n) is 5.86. The standard InChI is InChI=1S/C16H23ClN2O2/c1-11(2)8-19-16(20)10-21-15-5-3-4-14(17)13(15)9-18-12-6-7-12/h3-5,11-12,18H,6-10H2,1-2H3,(H,19,20). The van der Waals surface area contributed by atoms with Crippen molar-refractivity contribution < 1.29 is 9.53 Å². The normalized spacial score (nSPS) is 14.3. The van der Waals surface area contributed by atoms with Gasteiger partial charge < -0.3 is 15.4 Å². The number of nitrogens with one attached hydrogen (secondary N) is 2. The van der Waals surface area contributed by atoms with E-state index >= 15 is 0 Å². The van der Waals surface area contributed by atoms with E-state index in [0.717, 1.165) is 5.56 Å². The van der Waals surface area contributed by atoms with Crippen LogP contribution in [-0.2, 0) is 11.3 Å². The average molecular weight is 311 g/mol. The van der Waals surface area contributed by atoms with Gasteiger partial charge >= 0.3 is 0 Å². The van der Waals surface area contributed by atoms with E-state index in [-0.39, 0.29) is 12.5 Å². The summed E-state index contributed by atoms with van der Waals surface area (Å²) in [6, 6.07) is 6.14. The lowest BCUT2D eigenvalue weighted by Crippen LogP contribution is -2.32. The molecule has 1 fully saturated rings. The lowest BCUT2D eigenvalue weighted by atomic mass is 10.2. The number of amides is 1. The minimum absolute atomic E-state index is 0.0174. The highest BCUT2D eigenvalue weighted by Gasteiger charge is 2.21. The van der Waals surface area contributed by atoms with E-state index < -0.39 is 0 Å². The maximum absolute atomic E-state index is 11.7. The highest BCUT2D eigenvalue weighted by atomic mass is 35.5. The number of benzene rings is 1. The molecule has 0 saturated heterocycles. The molecule has 1 aliphatic carbocycles. The van der Waals surface area contributed by atoms with Crippen molar-refractivity contribution in [3.8, 4) is 5.75 Å². The molecule has 0 spiro atoms. The van der Waals surface area contributed by atoms with Crippen molar-refractivity contribution in [3.05, 3.63) is 28.8 Å². The summed E-state index contributed by atoms with van der Waals surface area (Å²) >= 11 is 6.23.